The van der Waals surface area contributed by atoms with Crippen LogP contribution < -0.4 is 25.3 Å². The number of amides is 1. The number of anilines is 2. The van der Waals surface area contributed by atoms with Gasteiger partial charge in [-0.3, -0.25) is 4.79 Å². The van der Waals surface area contributed by atoms with Crippen LogP contribution in [-0.2, 0) is 30.7 Å². The number of sulfone groups is 1. The van der Waals surface area contributed by atoms with Gasteiger partial charge in [-0.05, 0) is 161 Å². The Kier molecular flexibility index (Phi) is 21.6. The molecule has 0 radical (unpaired) electrons. The van der Waals surface area contributed by atoms with Gasteiger partial charge < -0.3 is 24.3 Å². The van der Waals surface area contributed by atoms with Crippen LogP contribution >= 0.6 is 23.4 Å². The molecule has 20 heteroatoms. The number of nitrogens with one attached hydrogen (secondary N) is 2. The van der Waals surface area contributed by atoms with Crippen LogP contribution in [0.5, 0.6) is 0 Å². The number of sulfonamides is 1. The first-order valence-electron chi connectivity index (χ1n) is 29.3. The number of hydrogen-bond acceptors (Lipinski definition) is 11. The van der Waals surface area contributed by atoms with Gasteiger partial charge in [-0.15, -0.1) is 11.8 Å². The first-order chi connectivity index (χ1) is 41.0. The van der Waals surface area contributed by atoms with E-state index in [9.17, 15) is 39.6 Å². The average molecular weight is 1300 g/mol. The maximum Gasteiger partial charge on any atom is 0.501 e. The first-order valence-corrected chi connectivity index (χ1v) is 38.2. The van der Waals surface area contributed by atoms with Crippen molar-refractivity contribution in [1.29, 1.82) is 0 Å². The van der Waals surface area contributed by atoms with E-state index in [2.05, 4.69) is 93.1 Å². The molecule has 3 unspecified atom stereocenters. The molecular formula is C67H80ClF3N4O7S3Si2. The summed E-state index contributed by atoms with van der Waals surface area (Å²) in [5.41, 5.74) is -2.10. The van der Waals surface area contributed by atoms with Crippen LogP contribution in [0, 0.1) is 11.8 Å². The number of carbonyl (C=O) groups is 1. The van der Waals surface area contributed by atoms with Gasteiger partial charge in [-0.25, -0.2) is 21.6 Å². The summed E-state index contributed by atoms with van der Waals surface area (Å²) in [5, 5.41) is 5.46. The van der Waals surface area contributed by atoms with Gasteiger partial charge in [0.2, 0.25) is 0 Å². The Hall–Kier alpha value is -5.75. The minimum absolute atomic E-state index is 0.0460. The molecule has 0 saturated carbocycles. The molecule has 1 heterocycles. The molecule has 7 aromatic rings. The Morgan fingerprint density at radius 3 is 1.93 bits per heavy atom. The maximum atomic E-state index is 14.6. The second kappa shape index (κ2) is 28.0. The molecule has 1 aliphatic rings. The molecule has 87 heavy (non-hydrogen) atoms. The standard InChI is InChI=1S/C67H80ClF3N4O7S3Si2/c1-65(2,3)86(8,81)48-53-46-75(41-38-51(53)44-52-20-18-19-27-61(52)49-28-32-54(68)33-29-49)56-34-30-50(31-35-56)64(76)73-85(79,80)58-36-37-62(63(45-58)84(77,78)67(69,70)71)72-55(47-83-57-21-12-9-13-22-57)39-40-74(7)42-43-82-87(66(4,5)6,59-23-14-10-15-24-59)60-25-16-11-17-26-60/h9-37,45,51,53,55,72,81H,38-44,46-48H2,1-8H3,(H,73,76)/t51?,53?,55-,86?/m1/s1. The number of halogens is 4. The fraction of sp³-hybridized carbons (Fsp3) is 0.358. The monoisotopic (exact) mass is 1300 g/mol. The Labute approximate surface area is 524 Å². The van der Waals surface area contributed by atoms with E-state index in [4.69, 9.17) is 16.0 Å². The molecular weight excluding hydrogens is 1220 g/mol. The summed E-state index contributed by atoms with van der Waals surface area (Å²) in [6, 6.07) is 55.0. The molecule has 0 bridgehead atoms. The van der Waals surface area contributed by atoms with Crippen molar-refractivity contribution in [3.63, 3.8) is 0 Å². The van der Waals surface area contributed by atoms with Crippen molar-refractivity contribution in [1.82, 2.24) is 9.62 Å². The maximum absolute atomic E-state index is 14.6. The quantitative estimate of drug-likeness (QED) is 0.0393. The third-order valence-electron chi connectivity index (χ3n) is 17.0. The van der Waals surface area contributed by atoms with Crippen LogP contribution in [0.2, 0.25) is 27.7 Å². The van der Waals surface area contributed by atoms with Gasteiger partial charge in [-0.2, -0.15) is 13.2 Å². The highest BCUT2D eigenvalue weighted by atomic mass is 35.5. The Balaban J connectivity index is 0.980. The van der Waals surface area contributed by atoms with Crippen LogP contribution in [0.15, 0.2) is 197 Å². The zero-order valence-corrected chi connectivity index (χ0v) is 55.9. The second-order valence-corrected chi connectivity index (χ2v) is 38.9. The van der Waals surface area contributed by atoms with Crippen LogP contribution in [0.4, 0.5) is 24.5 Å². The van der Waals surface area contributed by atoms with Crippen LogP contribution in [0.25, 0.3) is 11.1 Å². The minimum Gasteiger partial charge on any atom is -0.431 e. The number of benzene rings is 7. The highest BCUT2D eigenvalue weighted by Gasteiger charge is 2.51. The third-order valence-corrected chi connectivity index (χ3v) is 30.9. The molecule has 1 saturated heterocycles. The van der Waals surface area contributed by atoms with E-state index in [1.54, 1.807) is 12.1 Å². The molecule has 8 rings (SSSR count). The lowest BCUT2D eigenvalue weighted by Crippen LogP contribution is -2.67. The fourth-order valence-corrected chi connectivity index (χ4v) is 21.2. The third kappa shape index (κ3) is 16.4. The van der Waals surface area contributed by atoms with E-state index in [-0.39, 0.29) is 27.5 Å². The molecule has 7 aromatic carbocycles. The number of rotatable bonds is 24. The second-order valence-electron chi connectivity index (χ2n) is 25.0. The van der Waals surface area contributed by atoms with Crippen molar-refractivity contribution in [2.24, 2.45) is 11.8 Å². The van der Waals surface area contributed by atoms with Crippen LogP contribution in [0.3, 0.4) is 0 Å². The van der Waals surface area contributed by atoms with E-state index in [1.807, 2.05) is 121 Å². The molecule has 11 nitrogen and oxygen atoms in total. The van der Waals surface area contributed by atoms with Crippen molar-refractivity contribution >= 4 is 87.5 Å². The lowest BCUT2D eigenvalue weighted by Gasteiger charge is -2.45. The number of likely N-dealkylation sites (N-methyl/N-ethyl adjacent to an activating group) is 1. The Bertz CT molecular complexity index is 3620. The number of hydrogen-bond donors (Lipinski definition) is 3. The SMILES string of the molecule is CN(CCO[Si](c1ccccc1)(c1ccccc1)C(C)(C)C)CC[C@H](CSc1ccccc1)Nc1ccc(S(=O)(=O)NC(=O)c2ccc(N3CCC(Cc4ccccc4-c4ccc(Cl)cc4)C(C[Si](C)(O)C(C)(C)C)C3)cc2)cc1S(=O)(=O)C(F)(F)F. The predicted octanol–water partition coefficient (Wildman–Crippen LogP) is 13.9. The van der Waals surface area contributed by atoms with E-state index in [0.29, 0.717) is 62.1 Å². The molecule has 1 fully saturated rings. The molecule has 1 aliphatic heterocycles. The minimum atomic E-state index is -6.16. The molecule has 0 spiro atoms. The molecule has 0 aromatic heterocycles. The smallest absolute Gasteiger partial charge is 0.431 e. The summed E-state index contributed by atoms with van der Waals surface area (Å²) in [4.78, 5) is 28.8. The first kappa shape index (κ1) is 67.2. The van der Waals surface area contributed by atoms with Crippen molar-refractivity contribution in [3.05, 3.63) is 198 Å². The summed E-state index contributed by atoms with van der Waals surface area (Å²) < 4.78 is 108. The average Bonchev–Trinajstić information content (AvgIpc) is 0.870. The van der Waals surface area contributed by atoms with Gasteiger partial charge in [0.15, 0.2) is 8.32 Å². The molecule has 4 atom stereocenters. The summed E-state index contributed by atoms with van der Waals surface area (Å²) >= 11 is 7.68. The summed E-state index contributed by atoms with van der Waals surface area (Å²) in [6.07, 6.45) is 1.97. The number of alkyl halides is 3. The largest absolute Gasteiger partial charge is 0.501 e. The Morgan fingerprint density at radius 2 is 1.34 bits per heavy atom. The van der Waals surface area contributed by atoms with Gasteiger partial charge >= 0.3 is 5.51 Å². The van der Waals surface area contributed by atoms with Gasteiger partial charge in [0.1, 0.15) is 4.90 Å². The topological polar surface area (TPSA) is 145 Å². The van der Waals surface area contributed by atoms with Gasteiger partial charge in [0, 0.05) is 59.2 Å². The summed E-state index contributed by atoms with van der Waals surface area (Å²) in [5.74, 6) is -0.407. The van der Waals surface area contributed by atoms with Crippen molar-refractivity contribution in [2.45, 2.75) is 110 Å². The lowest BCUT2D eigenvalue weighted by atomic mass is 9.80. The summed E-state index contributed by atoms with van der Waals surface area (Å²) in [6.45, 7) is 17.5. The highest BCUT2D eigenvalue weighted by molar-refractivity contribution is 7.99. The van der Waals surface area contributed by atoms with Crippen LogP contribution in [0.1, 0.15) is 70.3 Å². The van der Waals surface area contributed by atoms with E-state index < -0.39 is 69.4 Å². The molecule has 3 N–H and O–H groups in total. The molecule has 0 aliphatic carbocycles. The predicted molar refractivity (Wildman–Crippen MR) is 354 cm³/mol. The number of carbonyl (C=O) groups excluding carboxylic acids is 1. The normalized spacial score (nSPS) is 16.5. The van der Waals surface area contributed by atoms with Crippen molar-refractivity contribution in [2.75, 3.05) is 55.8 Å². The van der Waals surface area contributed by atoms with Gasteiger partial charge in [0.25, 0.3) is 34.1 Å². The van der Waals surface area contributed by atoms with E-state index in [1.165, 1.54) is 29.5 Å². The summed E-state index contributed by atoms with van der Waals surface area (Å²) in [7, 11) is -14.8. The van der Waals surface area contributed by atoms with Crippen molar-refractivity contribution in [3.8, 4) is 11.1 Å². The van der Waals surface area contributed by atoms with Gasteiger partial charge in [-0.1, -0.05) is 168 Å². The highest BCUT2D eigenvalue weighted by Crippen LogP contribution is 2.44. The zero-order valence-electron chi connectivity index (χ0n) is 50.7. The van der Waals surface area contributed by atoms with Crippen molar-refractivity contribution < 1.29 is 44.0 Å². The lowest BCUT2D eigenvalue weighted by molar-refractivity contribution is -0.0436. The van der Waals surface area contributed by atoms with Gasteiger partial charge in [0.05, 0.1) is 10.6 Å². The van der Waals surface area contributed by atoms with E-state index in [0.717, 1.165) is 57.1 Å². The fourth-order valence-electron chi connectivity index (χ4n) is 11.5. The van der Waals surface area contributed by atoms with E-state index >= 15 is 0 Å². The van der Waals surface area contributed by atoms with Crippen LogP contribution in [-0.4, -0.2) is 106 Å². The number of nitrogens with zero attached hydrogens (tertiary/aromatic N) is 2. The molecule has 1 amide bonds. The molecule has 464 valence electrons. The number of piperidine rings is 1. The Morgan fingerprint density at radius 1 is 0.759 bits per heavy atom. The zero-order chi connectivity index (χ0) is 63.0. The number of thioether (sulfide) groups is 1.